The normalized spacial score (nSPS) is 29.8. The number of ether oxygens (including phenoxy) is 5. The molecule has 4 fully saturated rings. The Labute approximate surface area is 484 Å². The summed E-state index contributed by atoms with van der Waals surface area (Å²) in [4.78, 5) is 13.6. The van der Waals surface area contributed by atoms with Crippen molar-refractivity contribution in [3.05, 3.63) is 36.0 Å². The molecule has 0 aromatic heterocycles. The molecule has 0 aromatic rings. The molecule has 2 aliphatic carbocycles. The maximum absolute atomic E-state index is 13.6. The quantitative estimate of drug-likeness (QED) is 0.0204. The van der Waals surface area contributed by atoms with E-state index >= 15 is 0 Å². The fourth-order valence-electron chi connectivity index (χ4n) is 11.8. The first kappa shape index (κ1) is 70.7. The first-order valence-electron chi connectivity index (χ1n) is 32.6. The van der Waals surface area contributed by atoms with Crippen molar-refractivity contribution < 1.29 is 69.3 Å². The second kappa shape index (κ2) is 42.1. The fourth-order valence-corrected chi connectivity index (χ4v) is 11.8. The Morgan fingerprint density at radius 3 is 1.54 bits per heavy atom. The Bertz CT molecular complexity index is 1660. The van der Waals surface area contributed by atoms with Crippen LogP contribution < -0.4 is 5.32 Å². The molecule has 15 nitrogen and oxygen atoms in total. The topological polar surface area (TPSA) is 237 Å². The summed E-state index contributed by atoms with van der Waals surface area (Å²) in [5.41, 5.74) is 0.946. The minimum Gasteiger partial charge on any atom is -0.394 e. The molecule has 2 saturated heterocycles. The first-order chi connectivity index (χ1) is 38.8. The molecule has 17 atom stereocenters. The Morgan fingerprint density at radius 1 is 0.537 bits per heavy atom. The second-order valence-corrected chi connectivity index (χ2v) is 24.7. The number of carbonyl (C=O) groups is 1. The molecule has 4 aliphatic rings. The van der Waals surface area contributed by atoms with Crippen molar-refractivity contribution in [1.82, 2.24) is 5.32 Å². The van der Waals surface area contributed by atoms with Crippen molar-refractivity contribution >= 4 is 5.91 Å². The molecule has 0 radical (unpaired) electrons. The van der Waals surface area contributed by atoms with Gasteiger partial charge in [0, 0.05) is 0 Å². The van der Waals surface area contributed by atoms with Crippen LogP contribution in [0, 0.1) is 23.7 Å². The van der Waals surface area contributed by atoms with Gasteiger partial charge < -0.3 is 69.9 Å². The number of rotatable bonds is 48. The first-order valence-corrected chi connectivity index (χ1v) is 32.6. The summed E-state index contributed by atoms with van der Waals surface area (Å²) in [5, 5.41) is 88.9. The summed E-state index contributed by atoms with van der Waals surface area (Å²) in [6, 6.07) is -1.00. The molecular weight excluding hydrogens is 1020 g/mol. The van der Waals surface area contributed by atoms with Crippen molar-refractivity contribution in [3.8, 4) is 0 Å². The molecule has 2 heterocycles. The summed E-state index contributed by atoms with van der Waals surface area (Å²) in [6.07, 6.45) is 32.5. The standard InChI is InChI=1S/C65H117NO14/c1-5-7-9-11-13-16-22-28-34-48-42-50(48)36-30-24-18-15-19-26-32-38-53(68)52(66-63(75)54(69)39-33-27-21-20-25-31-37-51-43-49(51)35-29-23-17-14-12-10-8-6-2)45-77-65-62(76-41-40-47(3)4)60(73)58(71)56(80-65)46-78-64-61(74)59(72)57(70)55(44-67)79-64/h15,19,21,27,40,48-62,64-65,67-74H,5-14,16-18,20,22-26,28-39,41-46H2,1-4H3,(H,66,75)/b19-15-,27-21-/t48?,49?,50?,51?,52-,53+,54+,55+,56+,57+,58-,59-,60-,61+,62+,64+,65+/m0/s1. The van der Waals surface area contributed by atoms with Gasteiger partial charge in [0.15, 0.2) is 12.6 Å². The third-order valence-electron chi connectivity index (χ3n) is 17.4. The SMILES string of the molecule is CCCCCCCCCCC1CC1CCCC/C=C\CCC[C@@H](O)[C@H](CO[C@@H]1O[C@H](CO[C@@H]2O[C@H](CO)[C@@H](O)[C@H](O)[C@H]2O)[C@H](O)[C@H](O)[C@H]1OCC=C(C)C)NC(=O)[C@H](O)CC/C=C\CCCCC1CC1CCCCCCCCCC. The van der Waals surface area contributed by atoms with Gasteiger partial charge in [-0.3, -0.25) is 4.79 Å². The van der Waals surface area contributed by atoms with Crippen molar-refractivity contribution in [2.75, 3.05) is 26.4 Å². The zero-order chi connectivity index (χ0) is 57.9. The summed E-state index contributed by atoms with van der Waals surface area (Å²) < 4.78 is 29.6. The average molecular weight is 1140 g/mol. The molecule has 15 heteroatoms. The zero-order valence-corrected chi connectivity index (χ0v) is 50.4. The van der Waals surface area contributed by atoms with E-state index in [-0.39, 0.29) is 19.6 Å². The van der Waals surface area contributed by atoms with Gasteiger partial charge in [0.2, 0.25) is 5.91 Å². The number of carbonyl (C=O) groups excluding carboxylic acids is 1. The van der Waals surface area contributed by atoms with E-state index in [2.05, 4.69) is 37.4 Å². The number of aliphatic hydroxyl groups is 8. The number of hydrogen-bond acceptors (Lipinski definition) is 14. The second-order valence-electron chi connectivity index (χ2n) is 24.7. The smallest absolute Gasteiger partial charge is 0.249 e. The van der Waals surface area contributed by atoms with E-state index in [1.807, 2.05) is 19.9 Å². The number of unbranched alkanes of at least 4 members (excludes halogenated alkanes) is 19. The van der Waals surface area contributed by atoms with Crippen LogP contribution in [0.5, 0.6) is 0 Å². The van der Waals surface area contributed by atoms with Crippen molar-refractivity contribution in [1.29, 1.82) is 0 Å². The number of aliphatic hydroxyl groups excluding tert-OH is 8. The highest BCUT2D eigenvalue weighted by Crippen LogP contribution is 2.46. The maximum Gasteiger partial charge on any atom is 0.249 e. The fraction of sp³-hybridized carbons (Fsp3) is 0.892. The average Bonchev–Trinajstić information content (AvgIpc) is 4.42. The lowest BCUT2D eigenvalue weighted by Gasteiger charge is -2.44. The van der Waals surface area contributed by atoms with E-state index < -0.39 is 98.8 Å². The van der Waals surface area contributed by atoms with Gasteiger partial charge in [-0.1, -0.05) is 191 Å². The molecule has 4 unspecified atom stereocenters. The summed E-state index contributed by atoms with van der Waals surface area (Å²) in [6.45, 7) is 6.88. The van der Waals surface area contributed by atoms with E-state index in [9.17, 15) is 45.6 Å². The molecule has 4 rings (SSSR count). The molecule has 0 bridgehead atoms. The van der Waals surface area contributed by atoms with Crippen molar-refractivity contribution in [2.24, 2.45) is 23.7 Å². The molecule has 466 valence electrons. The highest BCUT2D eigenvalue weighted by Gasteiger charge is 2.49. The molecular formula is C65H117NO14. The van der Waals surface area contributed by atoms with E-state index in [1.165, 1.54) is 161 Å². The van der Waals surface area contributed by atoms with Crippen LogP contribution in [0.15, 0.2) is 36.0 Å². The minimum atomic E-state index is -1.71. The van der Waals surface area contributed by atoms with Gasteiger partial charge in [0.25, 0.3) is 0 Å². The maximum atomic E-state index is 13.6. The Kier molecular flexibility index (Phi) is 37.2. The lowest BCUT2D eigenvalue weighted by atomic mass is 9.98. The lowest BCUT2D eigenvalue weighted by molar-refractivity contribution is -0.334. The van der Waals surface area contributed by atoms with Gasteiger partial charge in [-0.25, -0.2) is 0 Å². The molecule has 0 spiro atoms. The predicted octanol–water partition coefficient (Wildman–Crippen LogP) is 10.3. The van der Waals surface area contributed by atoms with Gasteiger partial charge in [-0.05, 0) is 108 Å². The Morgan fingerprint density at radius 2 is 1.01 bits per heavy atom. The van der Waals surface area contributed by atoms with Crippen LogP contribution in [0.1, 0.15) is 240 Å². The number of nitrogens with one attached hydrogen (secondary N) is 1. The molecule has 9 N–H and O–H groups in total. The van der Waals surface area contributed by atoms with Crippen molar-refractivity contribution in [3.63, 3.8) is 0 Å². The number of hydrogen-bond donors (Lipinski definition) is 9. The van der Waals surface area contributed by atoms with Gasteiger partial charge in [-0.15, -0.1) is 0 Å². The van der Waals surface area contributed by atoms with E-state index in [0.717, 1.165) is 54.9 Å². The van der Waals surface area contributed by atoms with Crippen LogP contribution in [0.4, 0.5) is 0 Å². The Balaban J connectivity index is 1.25. The van der Waals surface area contributed by atoms with Gasteiger partial charge >= 0.3 is 0 Å². The van der Waals surface area contributed by atoms with Crippen LogP contribution in [0.2, 0.25) is 0 Å². The summed E-state index contributed by atoms with van der Waals surface area (Å²) >= 11 is 0. The molecule has 2 aliphatic heterocycles. The highest BCUT2D eigenvalue weighted by atomic mass is 16.7. The number of amides is 1. The van der Waals surface area contributed by atoms with Crippen molar-refractivity contribution in [2.45, 2.75) is 319 Å². The summed E-state index contributed by atoms with van der Waals surface area (Å²) in [5.74, 6) is 3.06. The zero-order valence-electron chi connectivity index (χ0n) is 50.4. The molecule has 80 heavy (non-hydrogen) atoms. The van der Waals surface area contributed by atoms with Gasteiger partial charge in [0.1, 0.15) is 54.9 Å². The monoisotopic (exact) mass is 1140 g/mol. The third kappa shape index (κ3) is 28.4. The van der Waals surface area contributed by atoms with Gasteiger partial charge in [-0.2, -0.15) is 0 Å². The molecule has 1 amide bonds. The van der Waals surface area contributed by atoms with Gasteiger partial charge in [0.05, 0.1) is 38.6 Å². The van der Waals surface area contributed by atoms with Crippen LogP contribution in [-0.2, 0) is 28.5 Å². The highest BCUT2D eigenvalue weighted by molar-refractivity contribution is 5.80. The Hall–Kier alpha value is -1.83. The van der Waals surface area contributed by atoms with E-state index in [1.54, 1.807) is 6.08 Å². The largest absolute Gasteiger partial charge is 0.394 e. The van der Waals surface area contributed by atoms with E-state index in [4.69, 9.17) is 23.7 Å². The third-order valence-corrected chi connectivity index (χ3v) is 17.4. The predicted molar refractivity (Wildman–Crippen MR) is 315 cm³/mol. The molecule has 0 aromatic carbocycles. The van der Waals surface area contributed by atoms with Crippen LogP contribution in [0.3, 0.4) is 0 Å². The van der Waals surface area contributed by atoms with E-state index in [0.29, 0.717) is 19.3 Å². The number of allylic oxidation sites excluding steroid dienone is 5. The van der Waals surface area contributed by atoms with Crippen LogP contribution >= 0.6 is 0 Å². The minimum absolute atomic E-state index is 0.0453. The summed E-state index contributed by atoms with van der Waals surface area (Å²) in [7, 11) is 0. The van der Waals surface area contributed by atoms with Crippen LogP contribution in [-0.4, -0.2) is 153 Å². The van der Waals surface area contributed by atoms with Crippen LogP contribution in [0.25, 0.3) is 0 Å². The molecule has 2 saturated carbocycles. The lowest BCUT2D eigenvalue weighted by Crippen LogP contribution is -2.62.